The molecular weight excluding hydrogens is 422 g/mol. The van der Waals surface area contributed by atoms with E-state index in [0.29, 0.717) is 35.5 Å². The number of hydrogen-bond donors (Lipinski definition) is 3. The molecular formula is C22H29N9O2. The minimum atomic E-state index is -0.590. The van der Waals surface area contributed by atoms with Crippen molar-refractivity contribution in [3.8, 4) is 5.88 Å². The lowest BCUT2D eigenvalue weighted by Gasteiger charge is -2.33. The fraction of sp³-hybridized carbons (Fsp3) is 0.364. The molecule has 0 aliphatic carbocycles. The van der Waals surface area contributed by atoms with Gasteiger partial charge in [0, 0.05) is 45.5 Å². The van der Waals surface area contributed by atoms with Gasteiger partial charge in [0.05, 0.1) is 35.9 Å². The number of likely N-dealkylation sites (N-methyl/N-ethyl adjacent to an activating group) is 1. The molecule has 4 N–H and O–H groups in total. The van der Waals surface area contributed by atoms with Crippen LogP contribution < -0.4 is 26.0 Å². The third-order valence-electron chi connectivity index (χ3n) is 5.48. The van der Waals surface area contributed by atoms with Gasteiger partial charge in [0.1, 0.15) is 17.3 Å². The maximum Gasteiger partial charge on any atom is 0.252 e. The van der Waals surface area contributed by atoms with Crippen LogP contribution in [0.3, 0.4) is 0 Å². The Morgan fingerprint density at radius 2 is 1.79 bits per heavy atom. The molecule has 1 aliphatic heterocycles. The normalized spacial score (nSPS) is 14.2. The van der Waals surface area contributed by atoms with Crippen LogP contribution in [0.25, 0.3) is 0 Å². The van der Waals surface area contributed by atoms with E-state index in [1.54, 1.807) is 24.0 Å². The number of pyridine rings is 2. The molecule has 0 spiro atoms. The number of nitrogens with zero attached hydrogens (tertiary/aromatic N) is 6. The smallest absolute Gasteiger partial charge is 0.252 e. The third-order valence-corrected chi connectivity index (χ3v) is 5.48. The molecule has 33 heavy (non-hydrogen) atoms. The zero-order chi connectivity index (χ0) is 23.4. The third kappa shape index (κ3) is 5.14. The molecule has 4 rings (SSSR count). The van der Waals surface area contributed by atoms with E-state index in [0.717, 1.165) is 31.9 Å². The minimum Gasteiger partial charge on any atom is -0.477 e. The van der Waals surface area contributed by atoms with E-state index in [4.69, 9.17) is 10.5 Å². The molecule has 3 aromatic heterocycles. The van der Waals surface area contributed by atoms with Gasteiger partial charge in [-0.1, -0.05) is 0 Å². The summed E-state index contributed by atoms with van der Waals surface area (Å²) < 4.78 is 7.26. The lowest BCUT2D eigenvalue weighted by Crippen LogP contribution is -2.44. The Hall–Kier alpha value is -3.86. The number of aromatic nitrogens is 4. The standard InChI is InChI=1S/C22H29N9O2/c1-4-33-22-18(14-26-30(22)3)27-17-11-20(25-13-16(17)21(23)32)28-19-6-5-15(12-24-19)31-9-7-29(2)8-10-31/h5-6,11-14H,4,7-10H2,1-3H3,(H2,23,32)(H2,24,25,27,28). The first-order valence-corrected chi connectivity index (χ1v) is 10.8. The van der Waals surface area contributed by atoms with E-state index in [-0.39, 0.29) is 5.56 Å². The molecule has 0 unspecified atom stereocenters. The van der Waals surface area contributed by atoms with Crippen molar-refractivity contribution in [1.29, 1.82) is 0 Å². The molecule has 1 amide bonds. The van der Waals surface area contributed by atoms with Gasteiger partial charge in [-0.15, -0.1) is 0 Å². The van der Waals surface area contributed by atoms with Gasteiger partial charge in [-0.2, -0.15) is 5.10 Å². The van der Waals surface area contributed by atoms with Crippen molar-refractivity contribution < 1.29 is 9.53 Å². The molecule has 1 aliphatic rings. The second kappa shape index (κ2) is 9.74. The van der Waals surface area contributed by atoms with E-state index >= 15 is 0 Å². The zero-order valence-corrected chi connectivity index (χ0v) is 19.1. The Morgan fingerprint density at radius 1 is 1.03 bits per heavy atom. The van der Waals surface area contributed by atoms with Crippen LogP contribution in [0, 0.1) is 0 Å². The molecule has 174 valence electrons. The van der Waals surface area contributed by atoms with Crippen LogP contribution in [0.5, 0.6) is 5.88 Å². The number of anilines is 5. The summed E-state index contributed by atoms with van der Waals surface area (Å²) in [6.45, 7) is 6.40. The summed E-state index contributed by atoms with van der Waals surface area (Å²) in [5.74, 6) is 1.13. The molecule has 0 radical (unpaired) electrons. The maximum atomic E-state index is 12.0. The fourth-order valence-electron chi connectivity index (χ4n) is 3.63. The number of carbonyl (C=O) groups excluding carboxylic acids is 1. The van der Waals surface area contributed by atoms with E-state index < -0.39 is 5.91 Å². The molecule has 0 bridgehead atoms. The Bertz CT molecular complexity index is 1110. The number of amides is 1. The topological polar surface area (TPSA) is 126 Å². The van der Waals surface area contributed by atoms with Crippen molar-refractivity contribution >= 4 is 34.6 Å². The second-order valence-corrected chi connectivity index (χ2v) is 7.84. The van der Waals surface area contributed by atoms with Gasteiger partial charge in [-0.3, -0.25) is 4.79 Å². The first-order valence-electron chi connectivity index (χ1n) is 10.8. The predicted molar refractivity (Wildman–Crippen MR) is 128 cm³/mol. The summed E-state index contributed by atoms with van der Waals surface area (Å²) in [7, 11) is 3.91. The van der Waals surface area contributed by atoms with Crippen molar-refractivity contribution in [1.82, 2.24) is 24.6 Å². The van der Waals surface area contributed by atoms with E-state index in [2.05, 4.69) is 42.5 Å². The average Bonchev–Trinajstić information content (AvgIpc) is 3.14. The molecule has 1 fully saturated rings. The van der Waals surface area contributed by atoms with Crippen molar-refractivity contribution in [2.45, 2.75) is 6.92 Å². The monoisotopic (exact) mass is 451 g/mol. The Labute approximate surface area is 192 Å². The zero-order valence-electron chi connectivity index (χ0n) is 19.1. The van der Waals surface area contributed by atoms with Gasteiger partial charge in [-0.25, -0.2) is 14.6 Å². The average molecular weight is 452 g/mol. The summed E-state index contributed by atoms with van der Waals surface area (Å²) in [5, 5.41) is 10.6. The molecule has 3 aromatic rings. The largest absolute Gasteiger partial charge is 0.477 e. The first kappa shape index (κ1) is 22.3. The van der Waals surface area contributed by atoms with Crippen LogP contribution >= 0.6 is 0 Å². The number of hydrogen-bond acceptors (Lipinski definition) is 9. The number of aryl methyl sites for hydroxylation is 1. The highest BCUT2D eigenvalue weighted by atomic mass is 16.5. The highest BCUT2D eigenvalue weighted by Gasteiger charge is 2.17. The quantitative estimate of drug-likeness (QED) is 0.471. The van der Waals surface area contributed by atoms with Crippen molar-refractivity contribution in [2.75, 3.05) is 55.4 Å². The number of rotatable bonds is 8. The summed E-state index contributed by atoms with van der Waals surface area (Å²) in [6, 6.07) is 5.67. The highest BCUT2D eigenvalue weighted by Crippen LogP contribution is 2.30. The maximum absolute atomic E-state index is 12.0. The van der Waals surface area contributed by atoms with Gasteiger partial charge in [0.15, 0.2) is 0 Å². The SMILES string of the molecule is CCOc1c(Nc2cc(Nc3ccc(N4CCN(C)CC4)cn3)ncc2C(N)=O)cnn1C. The van der Waals surface area contributed by atoms with Crippen LogP contribution in [0.1, 0.15) is 17.3 Å². The van der Waals surface area contributed by atoms with E-state index in [9.17, 15) is 4.79 Å². The molecule has 4 heterocycles. The number of nitrogens with one attached hydrogen (secondary N) is 2. The Kier molecular flexibility index (Phi) is 6.59. The molecule has 1 saturated heterocycles. The molecule has 0 saturated carbocycles. The Morgan fingerprint density at radius 3 is 2.45 bits per heavy atom. The fourth-order valence-corrected chi connectivity index (χ4v) is 3.63. The summed E-state index contributed by atoms with van der Waals surface area (Å²) >= 11 is 0. The van der Waals surface area contributed by atoms with Crippen LogP contribution in [0.4, 0.5) is 28.7 Å². The molecule has 0 aromatic carbocycles. The molecule has 0 atom stereocenters. The van der Waals surface area contributed by atoms with E-state index in [1.807, 2.05) is 25.3 Å². The first-order chi connectivity index (χ1) is 15.9. The number of piperazine rings is 1. The van der Waals surface area contributed by atoms with Gasteiger partial charge in [-0.05, 0) is 26.1 Å². The van der Waals surface area contributed by atoms with Crippen LogP contribution in [-0.4, -0.2) is 70.4 Å². The highest BCUT2D eigenvalue weighted by molar-refractivity contribution is 5.99. The lowest BCUT2D eigenvalue weighted by molar-refractivity contribution is 0.100. The van der Waals surface area contributed by atoms with Crippen LogP contribution in [-0.2, 0) is 7.05 Å². The second-order valence-electron chi connectivity index (χ2n) is 7.84. The van der Waals surface area contributed by atoms with Gasteiger partial charge in [0.2, 0.25) is 5.88 Å². The summed E-state index contributed by atoms with van der Waals surface area (Å²) in [5.41, 5.74) is 8.01. The van der Waals surface area contributed by atoms with Crippen LogP contribution in [0.15, 0.2) is 36.8 Å². The summed E-state index contributed by atoms with van der Waals surface area (Å²) in [6.07, 6.45) is 4.92. The van der Waals surface area contributed by atoms with Gasteiger partial charge in [0.25, 0.3) is 5.91 Å². The lowest BCUT2D eigenvalue weighted by atomic mass is 10.2. The minimum absolute atomic E-state index is 0.255. The molecule has 11 nitrogen and oxygen atoms in total. The number of ether oxygens (including phenoxy) is 1. The van der Waals surface area contributed by atoms with Crippen molar-refractivity contribution in [2.24, 2.45) is 12.8 Å². The predicted octanol–water partition coefficient (Wildman–Crippen LogP) is 1.95. The Balaban J connectivity index is 1.52. The van der Waals surface area contributed by atoms with Gasteiger partial charge >= 0.3 is 0 Å². The molecule has 11 heteroatoms. The van der Waals surface area contributed by atoms with E-state index in [1.165, 1.54) is 6.20 Å². The number of nitrogens with two attached hydrogens (primary N) is 1. The van der Waals surface area contributed by atoms with Gasteiger partial charge < -0.3 is 30.9 Å². The number of primary amides is 1. The van der Waals surface area contributed by atoms with Crippen molar-refractivity contribution in [3.63, 3.8) is 0 Å². The summed E-state index contributed by atoms with van der Waals surface area (Å²) in [4.78, 5) is 25.4. The van der Waals surface area contributed by atoms with Crippen LogP contribution in [0.2, 0.25) is 0 Å². The number of carbonyl (C=O) groups is 1. The van der Waals surface area contributed by atoms with Crippen molar-refractivity contribution in [3.05, 3.63) is 42.4 Å².